The van der Waals surface area contributed by atoms with E-state index in [4.69, 9.17) is 14.2 Å². The zero-order valence-electron chi connectivity index (χ0n) is 17.7. The van der Waals surface area contributed by atoms with Gasteiger partial charge in [0.15, 0.2) is 11.5 Å². The minimum absolute atomic E-state index is 0.233. The van der Waals surface area contributed by atoms with E-state index in [0.717, 1.165) is 22.9 Å². The highest BCUT2D eigenvalue weighted by molar-refractivity contribution is 9.10. The first-order valence-electron chi connectivity index (χ1n) is 9.73. The van der Waals surface area contributed by atoms with Gasteiger partial charge >= 0.3 is 0 Å². The molecule has 0 radical (unpaired) electrons. The second kappa shape index (κ2) is 12.6. The molecule has 0 aliphatic rings. The number of halogens is 1. The highest BCUT2D eigenvalue weighted by Gasteiger charge is 2.12. The van der Waals surface area contributed by atoms with Crippen molar-refractivity contribution in [2.75, 3.05) is 27.4 Å². The van der Waals surface area contributed by atoms with Crippen molar-refractivity contribution in [3.05, 3.63) is 52.0 Å². The molecule has 0 aromatic heterocycles. The van der Waals surface area contributed by atoms with E-state index in [1.165, 1.54) is 26.5 Å². The van der Waals surface area contributed by atoms with Crippen molar-refractivity contribution in [2.45, 2.75) is 19.8 Å². The second-order valence-electron chi connectivity index (χ2n) is 6.43. The van der Waals surface area contributed by atoms with E-state index in [-0.39, 0.29) is 6.54 Å². The van der Waals surface area contributed by atoms with Crippen LogP contribution in [-0.4, -0.2) is 45.4 Å². The fourth-order valence-corrected chi connectivity index (χ4v) is 2.91. The van der Waals surface area contributed by atoms with Crippen LogP contribution in [0.2, 0.25) is 0 Å². The van der Waals surface area contributed by atoms with Crippen LogP contribution in [0.1, 0.15) is 35.7 Å². The van der Waals surface area contributed by atoms with E-state index >= 15 is 0 Å². The molecule has 0 fully saturated rings. The molecular weight excluding hydrogens is 466 g/mol. The van der Waals surface area contributed by atoms with Gasteiger partial charge in [-0.15, -0.1) is 0 Å². The van der Waals surface area contributed by atoms with Crippen molar-refractivity contribution in [2.24, 2.45) is 5.10 Å². The molecule has 0 unspecified atom stereocenters. The van der Waals surface area contributed by atoms with E-state index in [1.54, 1.807) is 12.1 Å². The molecule has 2 amide bonds. The number of carbonyl (C=O) groups is 2. The number of nitrogens with zero attached hydrogens (tertiary/aromatic N) is 1. The van der Waals surface area contributed by atoms with E-state index in [9.17, 15) is 9.59 Å². The van der Waals surface area contributed by atoms with E-state index < -0.39 is 11.8 Å². The van der Waals surface area contributed by atoms with Crippen LogP contribution < -0.4 is 25.0 Å². The first-order chi connectivity index (χ1) is 15.0. The molecule has 2 aromatic carbocycles. The second-order valence-corrected chi connectivity index (χ2v) is 7.35. The van der Waals surface area contributed by atoms with Gasteiger partial charge in [0, 0.05) is 15.6 Å². The smallest absolute Gasteiger partial charge is 0.259 e. The summed E-state index contributed by atoms with van der Waals surface area (Å²) in [7, 11) is 2.99. The standard InChI is InChI=1S/C22H26BrN3O5/c1-4-5-10-31-18-9-7-17(23)11-16(18)13-25-26-21(27)14-24-22(28)15-6-8-19(29-2)20(12-15)30-3/h6-9,11-13H,4-5,10,14H2,1-3H3,(H,24,28)(H,26,27)/b25-13+. The Hall–Kier alpha value is -3.07. The van der Waals surface area contributed by atoms with Gasteiger partial charge in [-0.2, -0.15) is 5.10 Å². The molecule has 0 saturated heterocycles. The van der Waals surface area contributed by atoms with Crippen molar-refractivity contribution in [3.63, 3.8) is 0 Å². The lowest BCUT2D eigenvalue weighted by Crippen LogP contribution is -2.34. The fourth-order valence-electron chi connectivity index (χ4n) is 2.53. The number of ether oxygens (including phenoxy) is 3. The number of carbonyl (C=O) groups excluding carboxylic acids is 2. The van der Waals surface area contributed by atoms with Gasteiger partial charge in [0.25, 0.3) is 11.8 Å². The Morgan fingerprint density at radius 3 is 2.52 bits per heavy atom. The molecule has 0 bridgehead atoms. The Morgan fingerprint density at radius 2 is 1.81 bits per heavy atom. The van der Waals surface area contributed by atoms with Crippen LogP contribution in [0, 0.1) is 0 Å². The number of nitrogens with one attached hydrogen (secondary N) is 2. The SMILES string of the molecule is CCCCOc1ccc(Br)cc1/C=N/NC(=O)CNC(=O)c1ccc(OC)c(OC)c1. The Bertz CT molecular complexity index is 933. The van der Waals surface area contributed by atoms with E-state index in [1.807, 2.05) is 18.2 Å². The molecule has 0 atom stereocenters. The summed E-state index contributed by atoms with van der Waals surface area (Å²) in [5.41, 5.74) is 3.46. The number of methoxy groups -OCH3 is 2. The Labute approximate surface area is 190 Å². The summed E-state index contributed by atoms with van der Waals surface area (Å²) in [6, 6.07) is 10.3. The maximum Gasteiger partial charge on any atom is 0.259 e. The first-order valence-corrected chi connectivity index (χ1v) is 10.5. The van der Waals surface area contributed by atoms with Crippen molar-refractivity contribution in [1.82, 2.24) is 10.7 Å². The highest BCUT2D eigenvalue weighted by Crippen LogP contribution is 2.27. The maximum atomic E-state index is 12.3. The molecule has 0 saturated carbocycles. The largest absolute Gasteiger partial charge is 0.493 e. The number of hydrazone groups is 1. The molecule has 0 aliphatic carbocycles. The van der Waals surface area contributed by atoms with Crippen molar-refractivity contribution in [1.29, 1.82) is 0 Å². The van der Waals surface area contributed by atoms with E-state index in [2.05, 4.69) is 38.7 Å². The molecule has 2 N–H and O–H groups in total. The lowest BCUT2D eigenvalue weighted by molar-refractivity contribution is -0.120. The summed E-state index contributed by atoms with van der Waals surface area (Å²) in [6.45, 7) is 2.46. The van der Waals surface area contributed by atoms with Gasteiger partial charge in [0.05, 0.1) is 33.6 Å². The third-order valence-electron chi connectivity index (χ3n) is 4.18. The highest BCUT2D eigenvalue weighted by atomic mass is 79.9. The Kier molecular flexibility index (Phi) is 9.83. The summed E-state index contributed by atoms with van der Waals surface area (Å²) in [4.78, 5) is 24.3. The van der Waals surface area contributed by atoms with Crippen LogP contribution in [0.4, 0.5) is 0 Å². The molecule has 31 heavy (non-hydrogen) atoms. The average molecular weight is 492 g/mol. The Balaban J connectivity index is 1.90. The number of hydrogen-bond acceptors (Lipinski definition) is 6. The van der Waals surface area contributed by atoms with Gasteiger partial charge in [-0.3, -0.25) is 9.59 Å². The third-order valence-corrected chi connectivity index (χ3v) is 4.67. The first kappa shape index (κ1) is 24.2. The van der Waals surface area contributed by atoms with Crippen LogP contribution in [0.25, 0.3) is 0 Å². The van der Waals surface area contributed by atoms with E-state index in [0.29, 0.717) is 29.4 Å². The third kappa shape index (κ3) is 7.60. The zero-order chi connectivity index (χ0) is 22.6. The van der Waals surface area contributed by atoms with Gasteiger partial charge in [0.1, 0.15) is 5.75 Å². The molecule has 8 nitrogen and oxygen atoms in total. The lowest BCUT2D eigenvalue weighted by Gasteiger charge is -2.10. The molecule has 0 aliphatic heterocycles. The predicted octanol–water partition coefficient (Wildman–Crippen LogP) is 3.53. The molecule has 0 spiro atoms. The zero-order valence-corrected chi connectivity index (χ0v) is 19.3. The fraction of sp³-hybridized carbons (Fsp3) is 0.318. The predicted molar refractivity (Wildman–Crippen MR) is 122 cm³/mol. The molecule has 2 aromatic rings. The summed E-state index contributed by atoms with van der Waals surface area (Å²) in [5.74, 6) is 0.732. The number of benzene rings is 2. The minimum atomic E-state index is -0.464. The van der Waals surface area contributed by atoms with Gasteiger partial charge in [0.2, 0.25) is 0 Å². The Morgan fingerprint density at radius 1 is 1.06 bits per heavy atom. The number of rotatable bonds is 11. The van der Waals surface area contributed by atoms with Crippen LogP contribution in [0.15, 0.2) is 46.0 Å². The topological polar surface area (TPSA) is 98.2 Å². The van der Waals surface area contributed by atoms with Crippen LogP contribution in [-0.2, 0) is 4.79 Å². The quantitative estimate of drug-likeness (QED) is 0.284. The monoisotopic (exact) mass is 491 g/mol. The van der Waals surface area contributed by atoms with Crippen molar-refractivity contribution in [3.8, 4) is 17.2 Å². The van der Waals surface area contributed by atoms with Crippen LogP contribution in [0.5, 0.6) is 17.2 Å². The molecule has 0 heterocycles. The van der Waals surface area contributed by atoms with Gasteiger partial charge in [-0.05, 0) is 42.8 Å². The van der Waals surface area contributed by atoms with Crippen LogP contribution >= 0.6 is 15.9 Å². The number of unbranched alkanes of at least 4 members (excludes halogenated alkanes) is 1. The summed E-state index contributed by atoms with van der Waals surface area (Å²) in [6.07, 6.45) is 3.48. The van der Waals surface area contributed by atoms with Gasteiger partial charge in [-0.1, -0.05) is 29.3 Å². The average Bonchev–Trinajstić information content (AvgIpc) is 2.78. The van der Waals surface area contributed by atoms with Gasteiger partial charge in [-0.25, -0.2) is 5.43 Å². The molecular formula is C22H26BrN3O5. The summed E-state index contributed by atoms with van der Waals surface area (Å²) < 4.78 is 16.9. The molecule has 2 rings (SSSR count). The number of amides is 2. The van der Waals surface area contributed by atoms with Crippen LogP contribution in [0.3, 0.4) is 0 Å². The summed E-state index contributed by atoms with van der Waals surface area (Å²) in [5, 5.41) is 6.50. The molecule has 9 heteroatoms. The summed E-state index contributed by atoms with van der Waals surface area (Å²) >= 11 is 3.41. The van der Waals surface area contributed by atoms with Crippen molar-refractivity contribution < 1.29 is 23.8 Å². The number of hydrogen-bond donors (Lipinski definition) is 2. The van der Waals surface area contributed by atoms with Gasteiger partial charge < -0.3 is 19.5 Å². The minimum Gasteiger partial charge on any atom is -0.493 e. The maximum absolute atomic E-state index is 12.3. The molecule has 166 valence electrons. The van der Waals surface area contributed by atoms with Crippen molar-refractivity contribution >= 4 is 34.0 Å². The lowest BCUT2D eigenvalue weighted by atomic mass is 10.2. The normalized spacial score (nSPS) is 10.6.